The third-order valence-electron chi connectivity index (χ3n) is 5.16. The molecule has 3 heterocycles. The highest BCUT2D eigenvalue weighted by atomic mass is 19.3. The molecule has 0 aliphatic carbocycles. The molecule has 0 spiro atoms. The minimum Gasteiger partial charge on any atom is -0.367 e. The Bertz CT molecular complexity index is 1050. The van der Waals surface area contributed by atoms with E-state index in [4.69, 9.17) is 0 Å². The van der Waals surface area contributed by atoms with Gasteiger partial charge >= 0.3 is 6.03 Å². The van der Waals surface area contributed by atoms with Crippen molar-refractivity contribution in [3.63, 3.8) is 0 Å². The molecule has 0 saturated carbocycles. The number of halogens is 4. The molecule has 0 bridgehead atoms. The van der Waals surface area contributed by atoms with Gasteiger partial charge in [-0.1, -0.05) is 6.92 Å². The molecule has 33 heavy (non-hydrogen) atoms. The van der Waals surface area contributed by atoms with Gasteiger partial charge in [-0.25, -0.2) is 32.3 Å². The molecule has 178 valence electrons. The number of hydrogen-bond acceptors (Lipinski definition) is 5. The fraction of sp³-hybridized carbons (Fsp3) is 0.429. The number of urea groups is 1. The van der Waals surface area contributed by atoms with Crippen molar-refractivity contribution in [3.8, 4) is 0 Å². The molecule has 3 rings (SSSR count). The lowest BCUT2D eigenvalue weighted by molar-refractivity contribution is -0.0108. The van der Waals surface area contributed by atoms with Gasteiger partial charge in [0.2, 0.25) is 0 Å². The van der Waals surface area contributed by atoms with Crippen LogP contribution in [-0.4, -0.2) is 53.5 Å². The van der Waals surface area contributed by atoms with Gasteiger partial charge < -0.3 is 10.2 Å². The summed E-state index contributed by atoms with van der Waals surface area (Å²) < 4.78 is 54.0. The summed E-state index contributed by atoms with van der Waals surface area (Å²) in [6.07, 6.45) is 1.57. The fourth-order valence-electron chi connectivity index (χ4n) is 3.23. The number of rotatable bonds is 6. The average Bonchev–Trinajstić information content (AvgIpc) is 2.74. The second kappa shape index (κ2) is 9.59. The fourth-order valence-corrected chi connectivity index (χ4v) is 3.23. The number of carbonyl (C=O) groups is 2. The van der Waals surface area contributed by atoms with Crippen LogP contribution in [0.25, 0.3) is 0 Å². The molecule has 8 nitrogen and oxygen atoms in total. The summed E-state index contributed by atoms with van der Waals surface area (Å²) in [5.41, 5.74) is 0.392. The van der Waals surface area contributed by atoms with Gasteiger partial charge in [0, 0.05) is 32.6 Å². The zero-order valence-corrected chi connectivity index (χ0v) is 18.3. The summed E-state index contributed by atoms with van der Waals surface area (Å²) in [4.78, 5) is 36.3. The molecular weight excluding hydrogens is 444 g/mol. The Hall–Kier alpha value is -3.44. The minimum absolute atomic E-state index is 0.110. The van der Waals surface area contributed by atoms with E-state index in [9.17, 15) is 27.2 Å². The summed E-state index contributed by atoms with van der Waals surface area (Å²) in [7, 11) is 0. The van der Waals surface area contributed by atoms with E-state index >= 15 is 0 Å². The monoisotopic (exact) mass is 468 g/mol. The average molecular weight is 468 g/mol. The van der Waals surface area contributed by atoms with Crippen molar-refractivity contribution in [1.29, 1.82) is 0 Å². The number of fused-ring (bicyclic) bond motifs is 1. The van der Waals surface area contributed by atoms with Crippen LogP contribution in [0.5, 0.6) is 0 Å². The van der Waals surface area contributed by atoms with Crippen molar-refractivity contribution in [2.24, 2.45) is 0 Å². The van der Waals surface area contributed by atoms with Crippen LogP contribution in [0.1, 0.15) is 37.7 Å². The standard InChI is InChI=1S/C21H24F4N6O2/c1-4-7-30-8-9-31(20(33)29-17-14(23)10-13(22)11-26-17)18-16(30)6-5-15(28-18)19(32)27-12(2)21(3,24)25/h5-6,10-12H,4,7-9H2,1-3H3,(H,27,32)(H,26,29,33)/t12-/m1/s1. The van der Waals surface area contributed by atoms with Crippen LogP contribution in [0.15, 0.2) is 24.4 Å². The quantitative estimate of drug-likeness (QED) is 0.630. The maximum Gasteiger partial charge on any atom is 0.328 e. The normalized spacial score (nSPS) is 14.5. The second-order valence-electron chi connectivity index (χ2n) is 7.74. The van der Waals surface area contributed by atoms with E-state index in [0.29, 0.717) is 31.8 Å². The zero-order valence-electron chi connectivity index (χ0n) is 18.3. The molecular formula is C21H24F4N6O2. The number of hydrogen-bond donors (Lipinski definition) is 2. The molecule has 0 radical (unpaired) electrons. The SMILES string of the molecule is CCCN1CCN(C(=O)Nc2ncc(F)cc2F)c2nc(C(=O)N[C@H](C)C(C)(F)F)ccc21. The molecule has 0 unspecified atom stereocenters. The van der Waals surface area contributed by atoms with Gasteiger partial charge in [-0.3, -0.25) is 15.0 Å². The van der Waals surface area contributed by atoms with Crippen molar-refractivity contribution < 1.29 is 27.2 Å². The smallest absolute Gasteiger partial charge is 0.328 e. The maximum absolute atomic E-state index is 14.0. The molecule has 0 saturated heterocycles. The molecule has 2 aromatic heterocycles. The molecule has 0 aromatic carbocycles. The first-order valence-corrected chi connectivity index (χ1v) is 10.4. The highest BCUT2D eigenvalue weighted by Gasteiger charge is 2.33. The number of alkyl halides is 2. The lowest BCUT2D eigenvalue weighted by Crippen LogP contribution is -2.47. The predicted molar refractivity (Wildman–Crippen MR) is 115 cm³/mol. The Morgan fingerprint density at radius 3 is 2.61 bits per heavy atom. The first-order chi connectivity index (χ1) is 15.5. The number of nitrogens with zero attached hydrogens (tertiary/aromatic N) is 4. The summed E-state index contributed by atoms with van der Waals surface area (Å²) in [6, 6.07) is 1.33. The van der Waals surface area contributed by atoms with Crippen LogP contribution in [0.3, 0.4) is 0 Å². The summed E-state index contributed by atoms with van der Waals surface area (Å²) >= 11 is 0. The maximum atomic E-state index is 14.0. The largest absolute Gasteiger partial charge is 0.367 e. The van der Waals surface area contributed by atoms with Crippen LogP contribution in [-0.2, 0) is 0 Å². The predicted octanol–water partition coefficient (Wildman–Crippen LogP) is 3.80. The molecule has 1 aliphatic rings. The number of aromatic nitrogens is 2. The molecule has 0 fully saturated rings. The van der Waals surface area contributed by atoms with Crippen LogP contribution in [0, 0.1) is 11.6 Å². The van der Waals surface area contributed by atoms with Crippen LogP contribution >= 0.6 is 0 Å². The van der Waals surface area contributed by atoms with Crippen molar-refractivity contribution in [3.05, 3.63) is 41.7 Å². The second-order valence-corrected chi connectivity index (χ2v) is 7.74. The Labute approximate surface area is 188 Å². The molecule has 3 amide bonds. The zero-order chi connectivity index (χ0) is 24.3. The van der Waals surface area contributed by atoms with Crippen molar-refractivity contribution in [2.75, 3.05) is 34.8 Å². The van der Waals surface area contributed by atoms with Gasteiger partial charge in [0.25, 0.3) is 11.8 Å². The van der Waals surface area contributed by atoms with Crippen LogP contribution in [0.4, 0.5) is 39.7 Å². The van der Waals surface area contributed by atoms with Gasteiger partial charge in [0.15, 0.2) is 17.5 Å². The summed E-state index contributed by atoms with van der Waals surface area (Å²) in [5.74, 6) is -6.27. The van der Waals surface area contributed by atoms with Gasteiger partial charge in [-0.15, -0.1) is 0 Å². The third-order valence-corrected chi connectivity index (χ3v) is 5.16. The van der Waals surface area contributed by atoms with Crippen molar-refractivity contribution in [1.82, 2.24) is 15.3 Å². The van der Waals surface area contributed by atoms with Crippen LogP contribution < -0.4 is 20.4 Å². The first kappa shape index (κ1) is 24.2. The van der Waals surface area contributed by atoms with E-state index in [1.807, 2.05) is 11.8 Å². The van der Waals surface area contributed by atoms with Gasteiger partial charge in [0.05, 0.1) is 17.9 Å². The molecule has 12 heteroatoms. The highest BCUT2D eigenvalue weighted by molar-refractivity contribution is 6.04. The number of amides is 3. The Morgan fingerprint density at radius 1 is 1.24 bits per heavy atom. The lowest BCUT2D eigenvalue weighted by Gasteiger charge is -2.36. The summed E-state index contributed by atoms with van der Waals surface area (Å²) in [6.45, 7) is 5.09. The van der Waals surface area contributed by atoms with Gasteiger partial charge in [0.1, 0.15) is 11.5 Å². The van der Waals surface area contributed by atoms with Gasteiger partial charge in [-0.05, 0) is 25.5 Å². The molecule has 2 aromatic rings. The van der Waals surface area contributed by atoms with E-state index < -0.39 is 41.4 Å². The Balaban J connectivity index is 1.91. The minimum atomic E-state index is -3.14. The third kappa shape index (κ3) is 5.49. The molecule has 1 aliphatic heterocycles. The number of nitrogens with one attached hydrogen (secondary N) is 2. The van der Waals surface area contributed by atoms with E-state index in [0.717, 1.165) is 12.6 Å². The Morgan fingerprint density at radius 2 is 1.97 bits per heavy atom. The summed E-state index contributed by atoms with van der Waals surface area (Å²) in [5, 5.41) is 4.47. The molecule has 1 atom stereocenters. The molecule has 2 N–H and O–H groups in total. The van der Waals surface area contributed by atoms with E-state index in [2.05, 4.69) is 20.6 Å². The number of carbonyl (C=O) groups excluding carboxylic acids is 2. The van der Waals surface area contributed by atoms with E-state index in [1.165, 1.54) is 17.9 Å². The van der Waals surface area contributed by atoms with E-state index in [1.54, 1.807) is 6.07 Å². The number of anilines is 3. The first-order valence-electron chi connectivity index (χ1n) is 10.4. The van der Waals surface area contributed by atoms with Crippen molar-refractivity contribution >= 4 is 29.3 Å². The highest BCUT2D eigenvalue weighted by Crippen LogP contribution is 2.32. The Kier molecular flexibility index (Phi) is 7.04. The lowest BCUT2D eigenvalue weighted by atomic mass is 10.1. The number of pyridine rings is 2. The van der Waals surface area contributed by atoms with Crippen LogP contribution in [0.2, 0.25) is 0 Å². The van der Waals surface area contributed by atoms with Crippen molar-refractivity contribution in [2.45, 2.75) is 39.2 Å². The topological polar surface area (TPSA) is 90.5 Å². The van der Waals surface area contributed by atoms with Gasteiger partial charge in [-0.2, -0.15) is 0 Å². The van der Waals surface area contributed by atoms with E-state index in [-0.39, 0.29) is 18.1 Å².